The van der Waals surface area contributed by atoms with Crippen LogP contribution in [0.1, 0.15) is 21.7 Å². The van der Waals surface area contributed by atoms with Crippen LogP contribution in [0.2, 0.25) is 5.02 Å². The molecule has 0 aliphatic heterocycles. The number of nitrogens with zero attached hydrogens (tertiary/aromatic N) is 2. The summed E-state index contributed by atoms with van der Waals surface area (Å²) in [5.41, 5.74) is 6.84. The van der Waals surface area contributed by atoms with Crippen molar-refractivity contribution in [1.82, 2.24) is 4.98 Å². The standard InChI is InChI=1S/C21H18ClN3S/c1-13-4-6-16(8-15(13)3)20-12-26-21(25-20)17(10-23)11-24-19-9-18(22)7-5-14(19)2/h4-9,11-12,24H,1-3H3/b17-11+. The van der Waals surface area contributed by atoms with Crippen molar-refractivity contribution in [3.05, 3.63) is 74.7 Å². The van der Waals surface area contributed by atoms with Crippen molar-refractivity contribution in [1.29, 1.82) is 5.26 Å². The van der Waals surface area contributed by atoms with Crippen molar-refractivity contribution in [3.63, 3.8) is 0 Å². The number of benzene rings is 2. The molecule has 0 aliphatic rings. The van der Waals surface area contributed by atoms with Crippen LogP contribution in [0.3, 0.4) is 0 Å². The second kappa shape index (κ2) is 7.74. The van der Waals surface area contributed by atoms with Gasteiger partial charge in [0.25, 0.3) is 0 Å². The van der Waals surface area contributed by atoms with Gasteiger partial charge in [-0.25, -0.2) is 4.98 Å². The third-order valence-electron chi connectivity index (χ3n) is 4.23. The summed E-state index contributed by atoms with van der Waals surface area (Å²) >= 11 is 7.50. The lowest BCUT2D eigenvalue weighted by Crippen LogP contribution is -1.93. The number of thiazole rings is 1. The minimum atomic E-state index is 0.490. The van der Waals surface area contributed by atoms with Crippen LogP contribution in [0.15, 0.2) is 48.0 Å². The zero-order chi connectivity index (χ0) is 18.7. The van der Waals surface area contributed by atoms with Crippen LogP contribution in [0.25, 0.3) is 16.8 Å². The molecule has 3 rings (SSSR count). The first kappa shape index (κ1) is 18.2. The maximum absolute atomic E-state index is 9.52. The van der Waals surface area contributed by atoms with Gasteiger partial charge in [0.1, 0.15) is 16.6 Å². The Labute approximate surface area is 162 Å². The van der Waals surface area contributed by atoms with Crippen LogP contribution in [-0.4, -0.2) is 4.98 Å². The number of aryl methyl sites for hydroxylation is 3. The van der Waals surface area contributed by atoms with E-state index in [1.54, 1.807) is 6.20 Å². The molecule has 0 spiro atoms. The number of halogens is 1. The summed E-state index contributed by atoms with van der Waals surface area (Å²) in [4.78, 5) is 4.64. The molecule has 2 aromatic carbocycles. The summed E-state index contributed by atoms with van der Waals surface area (Å²) in [6.07, 6.45) is 1.68. The van der Waals surface area contributed by atoms with Crippen LogP contribution in [0.4, 0.5) is 5.69 Å². The summed E-state index contributed by atoms with van der Waals surface area (Å²) in [5.74, 6) is 0. The van der Waals surface area contributed by atoms with Gasteiger partial charge < -0.3 is 5.32 Å². The van der Waals surface area contributed by atoms with Gasteiger partial charge in [0.05, 0.1) is 5.69 Å². The van der Waals surface area contributed by atoms with Gasteiger partial charge in [-0.3, -0.25) is 0 Å². The summed E-state index contributed by atoms with van der Waals surface area (Å²) < 4.78 is 0. The molecule has 0 saturated carbocycles. The molecule has 26 heavy (non-hydrogen) atoms. The number of aromatic nitrogens is 1. The van der Waals surface area contributed by atoms with Crippen LogP contribution in [0.5, 0.6) is 0 Å². The van der Waals surface area contributed by atoms with Gasteiger partial charge in [0, 0.05) is 27.9 Å². The van der Waals surface area contributed by atoms with E-state index in [0.717, 1.165) is 22.5 Å². The normalized spacial score (nSPS) is 11.3. The van der Waals surface area contributed by atoms with Gasteiger partial charge in [0.2, 0.25) is 0 Å². The molecule has 0 aliphatic carbocycles. The Kier molecular flexibility index (Phi) is 5.41. The molecule has 0 amide bonds. The Bertz CT molecular complexity index is 1030. The number of hydrogen-bond donors (Lipinski definition) is 1. The zero-order valence-electron chi connectivity index (χ0n) is 14.8. The molecule has 3 nitrogen and oxygen atoms in total. The topological polar surface area (TPSA) is 48.7 Å². The first-order valence-electron chi connectivity index (χ1n) is 8.14. The van der Waals surface area contributed by atoms with Crippen molar-refractivity contribution < 1.29 is 0 Å². The van der Waals surface area contributed by atoms with Gasteiger partial charge in [-0.2, -0.15) is 5.26 Å². The van der Waals surface area contributed by atoms with Gasteiger partial charge >= 0.3 is 0 Å². The number of rotatable bonds is 4. The molecule has 1 N–H and O–H groups in total. The molecule has 3 aromatic rings. The number of nitrogens with one attached hydrogen (secondary N) is 1. The molecule has 0 bridgehead atoms. The molecule has 0 fully saturated rings. The maximum atomic E-state index is 9.52. The summed E-state index contributed by atoms with van der Waals surface area (Å²) in [6.45, 7) is 6.16. The van der Waals surface area contributed by atoms with E-state index in [-0.39, 0.29) is 0 Å². The molecule has 0 unspecified atom stereocenters. The van der Waals surface area contributed by atoms with E-state index in [2.05, 4.69) is 48.4 Å². The molecular weight excluding hydrogens is 362 g/mol. The van der Waals surface area contributed by atoms with Crippen LogP contribution < -0.4 is 5.32 Å². The molecule has 130 valence electrons. The van der Waals surface area contributed by atoms with Crippen LogP contribution >= 0.6 is 22.9 Å². The van der Waals surface area contributed by atoms with E-state index in [4.69, 9.17) is 11.6 Å². The molecular formula is C21H18ClN3S. The third kappa shape index (κ3) is 3.96. The lowest BCUT2D eigenvalue weighted by molar-refractivity contribution is 1.31. The average Bonchev–Trinajstić information content (AvgIpc) is 3.10. The zero-order valence-corrected chi connectivity index (χ0v) is 16.4. The third-order valence-corrected chi connectivity index (χ3v) is 5.34. The van der Waals surface area contributed by atoms with Crippen LogP contribution in [0, 0.1) is 32.1 Å². The minimum absolute atomic E-state index is 0.490. The fraction of sp³-hybridized carbons (Fsp3) is 0.143. The van der Waals surface area contributed by atoms with E-state index in [1.165, 1.54) is 22.5 Å². The second-order valence-electron chi connectivity index (χ2n) is 6.11. The van der Waals surface area contributed by atoms with Gasteiger partial charge in [-0.1, -0.05) is 29.8 Å². The number of nitriles is 1. The Morgan fingerprint density at radius 3 is 2.62 bits per heavy atom. The van der Waals surface area contributed by atoms with Gasteiger partial charge in [0.15, 0.2) is 0 Å². The highest BCUT2D eigenvalue weighted by Crippen LogP contribution is 2.28. The Balaban J connectivity index is 1.87. The fourth-order valence-corrected chi connectivity index (χ4v) is 3.44. The molecule has 0 radical (unpaired) electrons. The van der Waals surface area contributed by atoms with Crippen molar-refractivity contribution >= 4 is 34.2 Å². The predicted octanol–water partition coefficient (Wildman–Crippen LogP) is 6.37. The highest BCUT2D eigenvalue weighted by atomic mass is 35.5. The number of hydrogen-bond acceptors (Lipinski definition) is 4. The van der Waals surface area contributed by atoms with E-state index in [9.17, 15) is 5.26 Å². The van der Waals surface area contributed by atoms with Gasteiger partial charge in [-0.15, -0.1) is 11.3 Å². The SMILES string of the molecule is Cc1ccc(-c2csc(/C(C#N)=C/Nc3cc(Cl)ccc3C)n2)cc1C. The Morgan fingerprint density at radius 2 is 1.88 bits per heavy atom. The van der Waals surface area contributed by atoms with Crippen LogP contribution in [-0.2, 0) is 0 Å². The summed E-state index contributed by atoms with van der Waals surface area (Å²) in [6, 6.07) is 14.1. The van der Waals surface area contributed by atoms with E-state index < -0.39 is 0 Å². The van der Waals surface area contributed by atoms with Gasteiger partial charge in [-0.05, 0) is 55.7 Å². The van der Waals surface area contributed by atoms with Crippen molar-refractivity contribution in [2.45, 2.75) is 20.8 Å². The minimum Gasteiger partial charge on any atom is -0.360 e. The highest BCUT2D eigenvalue weighted by molar-refractivity contribution is 7.11. The molecule has 0 atom stereocenters. The number of allylic oxidation sites excluding steroid dienone is 1. The average molecular weight is 380 g/mol. The first-order valence-corrected chi connectivity index (χ1v) is 9.40. The Morgan fingerprint density at radius 1 is 1.12 bits per heavy atom. The smallest absolute Gasteiger partial charge is 0.136 e. The quantitative estimate of drug-likeness (QED) is 0.536. The van der Waals surface area contributed by atoms with E-state index in [0.29, 0.717) is 15.6 Å². The lowest BCUT2D eigenvalue weighted by Gasteiger charge is -2.06. The fourth-order valence-electron chi connectivity index (χ4n) is 2.47. The van der Waals surface area contributed by atoms with Crippen molar-refractivity contribution in [2.75, 3.05) is 5.32 Å². The van der Waals surface area contributed by atoms with E-state index in [1.807, 2.05) is 30.5 Å². The lowest BCUT2D eigenvalue weighted by atomic mass is 10.1. The predicted molar refractivity (Wildman–Crippen MR) is 110 cm³/mol. The molecule has 0 saturated heterocycles. The molecule has 5 heteroatoms. The summed E-state index contributed by atoms with van der Waals surface area (Å²) in [5, 5.41) is 16.0. The largest absolute Gasteiger partial charge is 0.360 e. The van der Waals surface area contributed by atoms with E-state index >= 15 is 0 Å². The first-order chi connectivity index (χ1) is 12.5. The Hall–Kier alpha value is -2.61. The number of anilines is 1. The second-order valence-corrected chi connectivity index (χ2v) is 7.40. The van der Waals surface area contributed by atoms with Crippen molar-refractivity contribution in [3.8, 4) is 17.3 Å². The highest BCUT2D eigenvalue weighted by Gasteiger charge is 2.10. The summed E-state index contributed by atoms with van der Waals surface area (Å²) in [7, 11) is 0. The monoisotopic (exact) mass is 379 g/mol. The molecule has 1 heterocycles. The maximum Gasteiger partial charge on any atom is 0.136 e. The van der Waals surface area contributed by atoms with Crippen molar-refractivity contribution in [2.24, 2.45) is 0 Å². The molecule has 1 aromatic heterocycles.